The Balaban J connectivity index is 0.000000199. The van der Waals surface area contributed by atoms with E-state index in [1.165, 1.54) is 24.3 Å². The van der Waals surface area contributed by atoms with Crippen LogP contribution in [0.1, 0.15) is 24.8 Å². The van der Waals surface area contributed by atoms with Crippen LogP contribution in [-0.4, -0.2) is 53.4 Å². The molecule has 1 aliphatic carbocycles. The number of nitriles is 1. The van der Waals surface area contributed by atoms with Crippen LogP contribution < -0.4 is 5.73 Å². The van der Waals surface area contributed by atoms with Gasteiger partial charge in [0.15, 0.2) is 9.84 Å². The molecule has 1 aliphatic heterocycles. The molecule has 1 saturated heterocycles. The first-order valence-corrected chi connectivity index (χ1v) is 13.7. The number of hydrogen-bond acceptors (Lipinski definition) is 6. The Morgan fingerprint density at radius 2 is 1.85 bits per heavy atom. The quantitative estimate of drug-likeness (QED) is 0.385. The molecule has 1 saturated carbocycles. The highest BCUT2D eigenvalue weighted by Crippen LogP contribution is 2.52. The summed E-state index contributed by atoms with van der Waals surface area (Å²) in [6, 6.07) is 14.6. The molecule has 13 heteroatoms. The number of para-hydroxylation sites is 1. The number of nitrogens with one attached hydrogen (secondary N) is 1. The molecular weight excluding hydrogens is 557 g/mol. The van der Waals surface area contributed by atoms with Crippen LogP contribution in [0, 0.1) is 11.3 Å². The van der Waals surface area contributed by atoms with Crippen molar-refractivity contribution in [2.24, 2.45) is 0 Å². The highest BCUT2D eigenvalue weighted by molar-refractivity contribution is 7.92. The number of benzene rings is 2. The third kappa shape index (κ3) is 5.84. The number of likely N-dealkylation sites (tertiary alicyclic amines) is 1. The van der Waals surface area contributed by atoms with E-state index in [4.69, 9.17) is 22.4 Å². The first-order valence-electron chi connectivity index (χ1n) is 11.8. The van der Waals surface area contributed by atoms with Crippen LogP contribution in [0.25, 0.3) is 10.9 Å². The molecule has 0 bridgehead atoms. The van der Waals surface area contributed by atoms with Gasteiger partial charge in [-0.15, -0.1) is 0 Å². The van der Waals surface area contributed by atoms with E-state index in [0.29, 0.717) is 12.0 Å². The Morgan fingerprint density at radius 1 is 1.21 bits per heavy atom. The summed E-state index contributed by atoms with van der Waals surface area (Å²) in [5.74, 6) is -0.742. The summed E-state index contributed by atoms with van der Waals surface area (Å²) < 4.78 is 62.1. The summed E-state index contributed by atoms with van der Waals surface area (Å²) >= 11 is 5.87. The Bertz CT molecular complexity index is 1580. The largest absolute Gasteiger partial charge is 0.480 e. The maximum absolute atomic E-state index is 12.6. The minimum Gasteiger partial charge on any atom is -0.480 e. The van der Waals surface area contributed by atoms with Crippen molar-refractivity contribution in [3.63, 3.8) is 0 Å². The van der Waals surface area contributed by atoms with Gasteiger partial charge in [-0.05, 0) is 37.5 Å². The molecule has 3 aromatic rings. The average molecular weight is 581 g/mol. The van der Waals surface area contributed by atoms with Crippen molar-refractivity contribution in [3.8, 4) is 6.07 Å². The van der Waals surface area contributed by atoms with E-state index in [1.54, 1.807) is 0 Å². The SMILES string of the molecule is N#CC1(c2c(N)[nH]c3ccccc23)CC1.O=C(O)[C@@H]1C[C@@H](S(=O)(=O)c2ccccc2Cl)CN1C=CC(F)(F)F. The molecule has 39 heavy (non-hydrogen) atoms. The molecule has 0 amide bonds. The van der Waals surface area contributed by atoms with Gasteiger partial charge in [0.1, 0.15) is 11.9 Å². The number of sulfone groups is 1. The number of carboxylic acid groups (broad SMARTS) is 1. The Labute approximate surface area is 227 Å². The maximum atomic E-state index is 12.6. The number of aromatic nitrogens is 1. The number of aliphatic carboxylic acids is 1. The summed E-state index contributed by atoms with van der Waals surface area (Å²) in [5, 5.41) is 18.2. The number of nitrogens with two attached hydrogens (primary N) is 1. The lowest BCUT2D eigenvalue weighted by Gasteiger charge is -2.18. The van der Waals surface area contributed by atoms with Gasteiger partial charge in [0, 0.05) is 35.3 Å². The minimum atomic E-state index is -4.62. The summed E-state index contributed by atoms with van der Waals surface area (Å²) in [4.78, 5) is 15.1. The number of H-pyrrole nitrogens is 1. The monoisotopic (exact) mass is 580 g/mol. The molecule has 2 atom stereocenters. The normalized spacial score (nSPS) is 20.4. The molecule has 2 aromatic carbocycles. The first-order chi connectivity index (χ1) is 18.3. The number of halogens is 4. The van der Waals surface area contributed by atoms with E-state index in [1.807, 2.05) is 24.3 Å². The van der Waals surface area contributed by atoms with Gasteiger partial charge >= 0.3 is 12.1 Å². The summed E-state index contributed by atoms with van der Waals surface area (Å²) in [6.45, 7) is -0.364. The van der Waals surface area contributed by atoms with Crippen molar-refractivity contribution in [2.45, 2.75) is 47.0 Å². The van der Waals surface area contributed by atoms with E-state index in [2.05, 4.69) is 11.1 Å². The van der Waals surface area contributed by atoms with Gasteiger partial charge in [-0.3, -0.25) is 0 Å². The summed E-state index contributed by atoms with van der Waals surface area (Å²) in [5.41, 5.74) is 7.65. The zero-order chi connectivity index (χ0) is 28.6. The standard InChI is InChI=1S/C14H13ClF3NO4S.C12H11N3/c15-10-3-1-2-4-12(10)24(22,23)9-7-11(13(20)21)19(8-9)6-5-14(16,17)18;13-7-12(5-6-12)10-8-3-1-2-4-9(8)15-11(10)14/h1-6,9,11H,7-8H2,(H,20,21);1-4,15H,5-6,14H2/t9-,11+;/m1./s1. The van der Waals surface area contributed by atoms with Crippen LogP contribution in [0.3, 0.4) is 0 Å². The molecule has 5 rings (SSSR count). The molecule has 0 radical (unpaired) electrons. The van der Waals surface area contributed by atoms with E-state index < -0.39 is 33.3 Å². The van der Waals surface area contributed by atoms with Gasteiger partial charge in [0.25, 0.3) is 0 Å². The van der Waals surface area contributed by atoms with Crippen LogP contribution in [0.2, 0.25) is 5.02 Å². The van der Waals surface area contributed by atoms with Crippen molar-refractivity contribution in [1.82, 2.24) is 9.88 Å². The lowest BCUT2D eigenvalue weighted by atomic mass is 9.96. The Hall–Kier alpha value is -3.69. The molecule has 4 N–H and O–H groups in total. The average Bonchev–Trinajstić information content (AvgIpc) is 3.38. The van der Waals surface area contributed by atoms with Gasteiger partial charge in [0.2, 0.25) is 0 Å². The number of carbonyl (C=O) groups is 1. The van der Waals surface area contributed by atoms with Crippen LogP contribution in [0.15, 0.2) is 65.7 Å². The Kier molecular flexibility index (Phi) is 7.60. The molecular formula is C26H24ClF3N4O4S. The van der Waals surface area contributed by atoms with Crippen LogP contribution in [0.4, 0.5) is 19.0 Å². The minimum absolute atomic E-state index is 0.0198. The zero-order valence-electron chi connectivity index (χ0n) is 20.3. The van der Waals surface area contributed by atoms with Crippen molar-refractivity contribution < 1.29 is 31.5 Å². The number of nitrogen functional groups attached to an aromatic ring is 1. The van der Waals surface area contributed by atoms with Crippen LogP contribution in [0.5, 0.6) is 0 Å². The van der Waals surface area contributed by atoms with Crippen molar-refractivity contribution in [2.75, 3.05) is 12.3 Å². The van der Waals surface area contributed by atoms with E-state index in [0.717, 1.165) is 34.2 Å². The highest BCUT2D eigenvalue weighted by atomic mass is 35.5. The lowest BCUT2D eigenvalue weighted by molar-refractivity contribution is -0.141. The maximum Gasteiger partial charge on any atom is 0.411 e. The molecule has 1 aromatic heterocycles. The molecule has 8 nitrogen and oxygen atoms in total. The van der Waals surface area contributed by atoms with Gasteiger partial charge in [-0.1, -0.05) is 41.9 Å². The van der Waals surface area contributed by atoms with Gasteiger partial charge in [0.05, 0.1) is 26.7 Å². The van der Waals surface area contributed by atoms with Gasteiger partial charge < -0.3 is 20.7 Å². The van der Waals surface area contributed by atoms with Crippen LogP contribution in [-0.2, 0) is 20.0 Å². The number of aromatic amines is 1. The molecule has 0 unspecified atom stereocenters. The second-order valence-corrected chi connectivity index (χ2v) is 12.0. The van der Waals surface area contributed by atoms with Gasteiger partial charge in [-0.25, -0.2) is 13.2 Å². The van der Waals surface area contributed by atoms with E-state index in [9.17, 15) is 31.6 Å². The molecule has 2 fully saturated rings. The van der Waals surface area contributed by atoms with E-state index >= 15 is 0 Å². The van der Waals surface area contributed by atoms with Gasteiger partial charge in [-0.2, -0.15) is 18.4 Å². The van der Waals surface area contributed by atoms with Crippen LogP contribution >= 0.6 is 11.6 Å². The summed E-state index contributed by atoms with van der Waals surface area (Å²) in [7, 11) is -3.97. The predicted octanol–water partition coefficient (Wildman–Crippen LogP) is 5.02. The fourth-order valence-corrected chi connectivity index (χ4v) is 6.94. The predicted molar refractivity (Wildman–Crippen MR) is 140 cm³/mol. The number of rotatable bonds is 5. The van der Waals surface area contributed by atoms with Crippen molar-refractivity contribution >= 4 is 44.1 Å². The first kappa shape index (κ1) is 28.3. The fraction of sp³-hybridized carbons (Fsp3) is 0.308. The number of nitrogens with zero attached hydrogens (tertiary/aromatic N) is 2. The number of carboxylic acids is 1. The van der Waals surface area contributed by atoms with Crippen molar-refractivity contribution in [1.29, 1.82) is 5.26 Å². The molecule has 0 spiro atoms. The molecule has 2 aliphatic rings. The number of allylic oxidation sites excluding steroid dienone is 1. The second-order valence-electron chi connectivity index (χ2n) is 9.39. The third-order valence-electron chi connectivity index (χ3n) is 6.80. The zero-order valence-corrected chi connectivity index (χ0v) is 21.9. The topological polar surface area (TPSA) is 140 Å². The number of anilines is 1. The smallest absolute Gasteiger partial charge is 0.411 e. The number of alkyl halides is 3. The number of fused-ring (bicyclic) bond motifs is 1. The number of hydrogen-bond donors (Lipinski definition) is 3. The van der Waals surface area contributed by atoms with Crippen molar-refractivity contribution in [3.05, 3.63) is 71.4 Å². The summed E-state index contributed by atoms with van der Waals surface area (Å²) in [6.07, 6.45) is -2.65. The Morgan fingerprint density at radius 3 is 2.44 bits per heavy atom. The van der Waals surface area contributed by atoms with E-state index in [-0.39, 0.29) is 34.4 Å². The third-order valence-corrected chi connectivity index (χ3v) is 9.43. The fourth-order valence-electron chi connectivity index (χ4n) is 4.71. The molecule has 206 valence electrons. The lowest BCUT2D eigenvalue weighted by Crippen LogP contribution is -2.32. The second kappa shape index (κ2) is 10.5. The highest BCUT2D eigenvalue weighted by Gasteiger charge is 2.48. The molecule has 2 heterocycles.